The van der Waals surface area contributed by atoms with Crippen molar-refractivity contribution in [2.24, 2.45) is 0 Å². The molecule has 1 atom stereocenters. The van der Waals surface area contributed by atoms with Crippen LogP contribution in [0, 0.1) is 0 Å². The summed E-state index contributed by atoms with van der Waals surface area (Å²) in [6.07, 6.45) is 5.35. The normalized spacial score (nSPS) is 12.8. The van der Waals surface area contributed by atoms with Gasteiger partial charge in [-0.05, 0) is 45.2 Å². The number of hydrogen-bond acceptors (Lipinski definition) is 2. The van der Waals surface area contributed by atoms with Gasteiger partial charge in [-0.25, -0.2) is 0 Å². The van der Waals surface area contributed by atoms with Crippen LogP contribution in [0.1, 0.15) is 33.6 Å². The van der Waals surface area contributed by atoms with Gasteiger partial charge in [0.1, 0.15) is 0 Å². The first kappa shape index (κ1) is 15.6. The molecule has 0 aliphatic rings. The predicted octanol–water partition coefficient (Wildman–Crippen LogP) is 3.61. The van der Waals surface area contributed by atoms with Crippen LogP contribution in [-0.2, 0) is 8.85 Å². The minimum absolute atomic E-state index is 0.792. The maximum absolute atomic E-state index is 5.80. The fourth-order valence-electron chi connectivity index (χ4n) is 1.63. The van der Waals surface area contributed by atoms with Crippen molar-refractivity contribution in [1.82, 2.24) is 0 Å². The van der Waals surface area contributed by atoms with Crippen molar-refractivity contribution in [1.29, 1.82) is 0 Å². The molecule has 0 heterocycles. The van der Waals surface area contributed by atoms with Gasteiger partial charge in [0, 0.05) is 13.2 Å². The van der Waals surface area contributed by atoms with Gasteiger partial charge in [0.25, 0.3) is 0 Å². The van der Waals surface area contributed by atoms with E-state index < -0.39 is 8.56 Å². The van der Waals surface area contributed by atoms with Crippen LogP contribution >= 0.6 is 8.58 Å². The van der Waals surface area contributed by atoms with Gasteiger partial charge in [-0.15, -0.1) is 8.58 Å². The lowest BCUT2D eigenvalue weighted by atomic mass is 10.6. The first-order valence-electron chi connectivity index (χ1n) is 6.17. The van der Waals surface area contributed by atoms with Crippen LogP contribution < -0.4 is 0 Å². The highest BCUT2D eigenvalue weighted by Crippen LogP contribution is 2.20. The fraction of sp³-hybridized carbons (Fsp3) is 1.00. The van der Waals surface area contributed by atoms with E-state index in [4.69, 9.17) is 8.85 Å². The molecule has 0 spiro atoms. The highest BCUT2D eigenvalue weighted by molar-refractivity contribution is 7.37. The Balaban J connectivity index is 3.65. The second kappa shape index (κ2) is 9.77. The van der Waals surface area contributed by atoms with Gasteiger partial charge in [-0.1, -0.05) is 13.3 Å². The molecule has 0 rings (SSSR count). The van der Waals surface area contributed by atoms with Gasteiger partial charge >= 0.3 is 8.56 Å². The molecule has 0 N–H and O–H groups in total. The van der Waals surface area contributed by atoms with Crippen LogP contribution in [0.2, 0.25) is 12.6 Å². The second-order valence-corrected chi connectivity index (χ2v) is 8.70. The van der Waals surface area contributed by atoms with E-state index in [9.17, 15) is 0 Å². The van der Waals surface area contributed by atoms with Gasteiger partial charge in [0.2, 0.25) is 0 Å². The van der Waals surface area contributed by atoms with Gasteiger partial charge in [0.15, 0.2) is 0 Å². The van der Waals surface area contributed by atoms with Crippen molar-refractivity contribution in [3.05, 3.63) is 0 Å². The first-order chi connectivity index (χ1) is 7.18. The topological polar surface area (TPSA) is 18.5 Å². The molecule has 0 bridgehead atoms. The Hall–Kier alpha value is 0.567. The first-order valence-corrected chi connectivity index (χ1v) is 10.1. The van der Waals surface area contributed by atoms with Gasteiger partial charge in [-0.3, -0.25) is 0 Å². The van der Waals surface area contributed by atoms with Crippen LogP contribution in [0.5, 0.6) is 0 Å². The van der Waals surface area contributed by atoms with Crippen LogP contribution in [0.15, 0.2) is 0 Å². The Morgan fingerprint density at radius 1 is 1.00 bits per heavy atom. The molecular weight excluding hydrogens is 223 g/mol. The lowest BCUT2D eigenvalue weighted by molar-refractivity contribution is 0.189. The third-order valence-corrected chi connectivity index (χ3v) is 6.93. The van der Waals surface area contributed by atoms with Crippen molar-refractivity contribution in [3.8, 4) is 0 Å². The van der Waals surface area contributed by atoms with Crippen LogP contribution in [0.3, 0.4) is 0 Å². The smallest absolute Gasteiger partial charge is 0.334 e. The number of rotatable bonds is 10. The monoisotopic (exact) mass is 250 g/mol. The Labute approximate surface area is 98.2 Å². The van der Waals surface area contributed by atoms with E-state index in [0.717, 1.165) is 27.8 Å². The molecule has 92 valence electrons. The molecule has 0 radical (unpaired) electrons. The summed E-state index contributed by atoms with van der Waals surface area (Å²) < 4.78 is 11.6. The van der Waals surface area contributed by atoms with E-state index in [2.05, 4.69) is 27.3 Å². The molecule has 0 saturated heterocycles. The molecule has 0 saturated carbocycles. The Morgan fingerprint density at radius 3 is 2.07 bits per heavy atom. The molecule has 0 amide bonds. The summed E-state index contributed by atoms with van der Waals surface area (Å²) >= 11 is 0. The van der Waals surface area contributed by atoms with Crippen LogP contribution in [-0.4, -0.2) is 34.1 Å². The largest absolute Gasteiger partial charge is 0.395 e. The molecule has 0 aromatic rings. The molecule has 4 heteroatoms. The van der Waals surface area contributed by atoms with E-state index >= 15 is 0 Å². The van der Waals surface area contributed by atoms with E-state index in [1.165, 1.54) is 25.2 Å². The third-order valence-electron chi connectivity index (χ3n) is 2.31. The molecule has 15 heavy (non-hydrogen) atoms. The molecule has 0 aliphatic heterocycles. The molecule has 0 aliphatic carbocycles. The average Bonchev–Trinajstić information content (AvgIpc) is 2.18. The summed E-state index contributed by atoms with van der Waals surface area (Å²) in [5.74, 6) is 0. The summed E-state index contributed by atoms with van der Waals surface area (Å²) in [5, 5.41) is 0. The maximum atomic E-state index is 5.80. The fourth-order valence-corrected chi connectivity index (χ4v) is 5.43. The minimum Gasteiger partial charge on any atom is -0.395 e. The van der Waals surface area contributed by atoms with Gasteiger partial charge in [0.05, 0.1) is 0 Å². The molecule has 0 fully saturated rings. The van der Waals surface area contributed by atoms with Crippen molar-refractivity contribution in [2.75, 3.05) is 25.5 Å². The second-order valence-electron chi connectivity index (χ2n) is 3.85. The quantitative estimate of drug-likeness (QED) is 0.335. The highest BCUT2D eigenvalue weighted by Gasteiger charge is 2.29. The lowest BCUT2D eigenvalue weighted by Gasteiger charge is -2.25. The Bertz CT molecular complexity index is 139. The van der Waals surface area contributed by atoms with E-state index in [1.54, 1.807) is 0 Å². The Kier molecular flexibility index (Phi) is 10.1. The zero-order valence-electron chi connectivity index (χ0n) is 10.8. The summed E-state index contributed by atoms with van der Waals surface area (Å²) in [5.41, 5.74) is 0. The van der Waals surface area contributed by atoms with Crippen molar-refractivity contribution in [2.45, 2.75) is 46.2 Å². The molecular formula is C11H27O2PSi. The van der Waals surface area contributed by atoms with Crippen LogP contribution in [0.4, 0.5) is 0 Å². The summed E-state index contributed by atoms with van der Waals surface area (Å²) in [4.78, 5) is 0. The Morgan fingerprint density at radius 2 is 1.60 bits per heavy atom. The zero-order chi connectivity index (χ0) is 11.6. The van der Waals surface area contributed by atoms with Crippen molar-refractivity contribution >= 4 is 17.1 Å². The molecule has 2 nitrogen and oxygen atoms in total. The van der Waals surface area contributed by atoms with Crippen LogP contribution in [0.25, 0.3) is 0 Å². The minimum atomic E-state index is -1.81. The van der Waals surface area contributed by atoms with E-state index in [0.29, 0.717) is 0 Å². The number of hydrogen-bond donors (Lipinski definition) is 0. The maximum Gasteiger partial charge on any atom is 0.334 e. The molecule has 1 unspecified atom stereocenters. The SMILES string of the molecule is CCCPCCC[Si](C)(OCC)OCC. The zero-order valence-corrected chi connectivity index (χ0v) is 12.8. The summed E-state index contributed by atoms with van der Waals surface area (Å²) in [6, 6.07) is 1.16. The lowest BCUT2D eigenvalue weighted by Crippen LogP contribution is -2.38. The molecule has 0 aromatic heterocycles. The van der Waals surface area contributed by atoms with Gasteiger partial charge < -0.3 is 8.85 Å². The van der Waals surface area contributed by atoms with Gasteiger partial charge in [-0.2, -0.15) is 0 Å². The van der Waals surface area contributed by atoms with Crippen molar-refractivity contribution < 1.29 is 8.85 Å². The van der Waals surface area contributed by atoms with E-state index in [-0.39, 0.29) is 0 Å². The third kappa shape index (κ3) is 8.38. The average molecular weight is 250 g/mol. The molecule has 0 aromatic carbocycles. The highest BCUT2D eigenvalue weighted by atomic mass is 31.1. The summed E-state index contributed by atoms with van der Waals surface area (Å²) in [7, 11) is -0.672. The predicted molar refractivity (Wildman–Crippen MR) is 72.6 cm³/mol. The standard InChI is InChI=1S/C11H27O2PSi/c1-5-9-14-10-8-11-15(4,12-6-2)13-7-3/h14H,5-11H2,1-4H3. The summed E-state index contributed by atoms with van der Waals surface area (Å²) in [6.45, 7) is 10.2. The van der Waals surface area contributed by atoms with Crippen molar-refractivity contribution in [3.63, 3.8) is 0 Å². The van der Waals surface area contributed by atoms with E-state index in [1.807, 2.05) is 0 Å².